The number of nitrogens with zero attached hydrogens (tertiary/aromatic N) is 3. The Morgan fingerprint density at radius 1 is 1.11 bits per heavy atom. The Morgan fingerprint density at radius 2 is 1.94 bits per heavy atom. The molecule has 1 saturated carbocycles. The summed E-state index contributed by atoms with van der Waals surface area (Å²) in [5.41, 5.74) is 1.56. The highest BCUT2D eigenvalue weighted by atomic mass is 15.0. The summed E-state index contributed by atoms with van der Waals surface area (Å²) >= 11 is 0. The number of pyridine rings is 1. The van der Waals surface area contributed by atoms with E-state index >= 15 is 0 Å². The van der Waals surface area contributed by atoms with Crippen molar-refractivity contribution in [2.24, 2.45) is 5.92 Å². The zero-order valence-electron chi connectivity index (χ0n) is 10.5. The van der Waals surface area contributed by atoms with Crippen molar-refractivity contribution in [3.8, 4) is 0 Å². The van der Waals surface area contributed by atoms with Crippen LogP contribution in [0.5, 0.6) is 0 Å². The van der Waals surface area contributed by atoms with Gasteiger partial charge in [-0.2, -0.15) is 0 Å². The Kier molecular flexibility index (Phi) is 3.35. The minimum absolute atomic E-state index is 0.711. The van der Waals surface area contributed by atoms with Gasteiger partial charge in [-0.15, -0.1) is 0 Å². The SMILES string of the molecule is c1cnc2nc(NCCC3CCCC3)ccc2n1. The van der Waals surface area contributed by atoms with E-state index in [0.717, 1.165) is 23.8 Å². The number of rotatable bonds is 4. The van der Waals surface area contributed by atoms with Gasteiger partial charge in [0.2, 0.25) is 0 Å². The Balaban J connectivity index is 1.60. The topological polar surface area (TPSA) is 50.7 Å². The van der Waals surface area contributed by atoms with Crippen molar-refractivity contribution >= 4 is 17.0 Å². The first-order valence-electron chi connectivity index (χ1n) is 6.73. The summed E-state index contributed by atoms with van der Waals surface area (Å²) < 4.78 is 0. The molecule has 1 N–H and O–H groups in total. The molecular formula is C14H18N4. The summed E-state index contributed by atoms with van der Waals surface area (Å²) in [6.45, 7) is 1.00. The fourth-order valence-corrected chi connectivity index (χ4v) is 2.66. The van der Waals surface area contributed by atoms with Crippen molar-refractivity contribution in [1.29, 1.82) is 0 Å². The third kappa shape index (κ3) is 2.58. The van der Waals surface area contributed by atoms with E-state index in [9.17, 15) is 0 Å². The molecule has 2 aromatic heterocycles. The second kappa shape index (κ2) is 5.29. The Bertz CT molecular complexity index is 520. The van der Waals surface area contributed by atoms with Gasteiger partial charge in [-0.25, -0.2) is 9.97 Å². The molecule has 1 fully saturated rings. The van der Waals surface area contributed by atoms with Crippen molar-refractivity contribution in [3.63, 3.8) is 0 Å². The van der Waals surface area contributed by atoms with E-state index in [1.165, 1.54) is 32.1 Å². The molecule has 0 radical (unpaired) electrons. The first kappa shape index (κ1) is 11.4. The fraction of sp³-hybridized carbons (Fsp3) is 0.500. The van der Waals surface area contributed by atoms with Crippen LogP contribution in [-0.4, -0.2) is 21.5 Å². The molecule has 0 amide bonds. The van der Waals surface area contributed by atoms with E-state index in [-0.39, 0.29) is 0 Å². The van der Waals surface area contributed by atoms with E-state index in [1.807, 2.05) is 12.1 Å². The highest BCUT2D eigenvalue weighted by Crippen LogP contribution is 2.27. The first-order valence-corrected chi connectivity index (χ1v) is 6.73. The molecule has 4 nitrogen and oxygen atoms in total. The van der Waals surface area contributed by atoms with Gasteiger partial charge in [0, 0.05) is 18.9 Å². The monoisotopic (exact) mass is 242 g/mol. The van der Waals surface area contributed by atoms with Gasteiger partial charge < -0.3 is 5.32 Å². The van der Waals surface area contributed by atoms with Crippen molar-refractivity contribution in [2.45, 2.75) is 32.1 Å². The normalized spacial score (nSPS) is 16.2. The predicted octanol–water partition coefficient (Wildman–Crippen LogP) is 3.02. The minimum atomic E-state index is 0.711. The van der Waals surface area contributed by atoms with Crippen LogP contribution in [0.25, 0.3) is 11.2 Å². The van der Waals surface area contributed by atoms with Gasteiger partial charge in [-0.1, -0.05) is 25.7 Å². The second-order valence-corrected chi connectivity index (χ2v) is 4.96. The third-order valence-corrected chi connectivity index (χ3v) is 3.67. The highest BCUT2D eigenvalue weighted by molar-refractivity contribution is 5.71. The predicted molar refractivity (Wildman–Crippen MR) is 72.4 cm³/mol. The molecule has 18 heavy (non-hydrogen) atoms. The van der Waals surface area contributed by atoms with E-state index in [0.29, 0.717) is 5.65 Å². The molecule has 3 rings (SSSR count). The molecule has 0 aromatic carbocycles. The van der Waals surface area contributed by atoms with Gasteiger partial charge in [-0.05, 0) is 24.5 Å². The van der Waals surface area contributed by atoms with Crippen molar-refractivity contribution in [1.82, 2.24) is 15.0 Å². The fourth-order valence-electron chi connectivity index (χ4n) is 2.66. The van der Waals surface area contributed by atoms with Crippen LogP contribution in [0, 0.1) is 5.92 Å². The number of anilines is 1. The molecule has 2 heterocycles. The summed E-state index contributed by atoms with van der Waals surface area (Å²) in [6.07, 6.45) is 10.2. The molecule has 0 atom stereocenters. The van der Waals surface area contributed by atoms with Crippen LogP contribution in [0.2, 0.25) is 0 Å². The highest BCUT2D eigenvalue weighted by Gasteiger charge is 2.14. The van der Waals surface area contributed by atoms with Crippen LogP contribution >= 0.6 is 0 Å². The van der Waals surface area contributed by atoms with Gasteiger partial charge in [0.1, 0.15) is 11.3 Å². The lowest BCUT2D eigenvalue weighted by Gasteiger charge is -2.10. The van der Waals surface area contributed by atoms with Crippen molar-refractivity contribution in [3.05, 3.63) is 24.5 Å². The quantitative estimate of drug-likeness (QED) is 0.895. The molecule has 0 saturated heterocycles. The molecule has 0 aliphatic heterocycles. The average Bonchev–Trinajstić information content (AvgIpc) is 2.92. The van der Waals surface area contributed by atoms with Crippen molar-refractivity contribution < 1.29 is 0 Å². The molecule has 0 bridgehead atoms. The second-order valence-electron chi connectivity index (χ2n) is 4.96. The van der Waals surface area contributed by atoms with Crippen LogP contribution in [0.3, 0.4) is 0 Å². The molecule has 0 unspecified atom stereocenters. The molecular weight excluding hydrogens is 224 g/mol. The molecule has 1 aliphatic carbocycles. The first-order chi connectivity index (χ1) is 8.92. The molecule has 2 aromatic rings. The number of nitrogens with one attached hydrogen (secondary N) is 1. The van der Waals surface area contributed by atoms with E-state index in [2.05, 4.69) is 20.3 Å². The van der Waals surface area contributed by atoms with Gasteiger partial charge in [-0.3, -0.25) is 4.98 Å². The summed E-state index contributed by atoms with van der Waals surface area (Å²) in [5, 5.41) is 3.38. The van der Waals surface area contributed by atoms with Crippen molar-refractivity contribution in [2.75, 3.05) is 11.9 Å². The molecule has 94 valence electrons. The minimum Gasteiger partial charge on any atom is -0.370 e. The smallest absolute Gasteiger partial charge is 0.180 e. The summed E-state index contributed by atoms with van der Waals surface area (Å²) in [6, 6.07) is 3.94. The Labute approximate surface area is 107 Å². The largest absolute Gasteiger partial charge is 0.370 e. The number of hydrogen-bond donors (Lipinski definition) is 1. The lowest BCUT2D eigenvalue weighted by Crippen LogP contribution is -2.07. The molecule has 4 heteroatoms. The lowest BCUT2D eigenvalue weighted by atomic mass is 10.0. The maximum Gasteiger partial charge on any atom is 0.180 e. The van der Waals surface area contributed by atoms with Gasteiger partial charge in [0.25, 0.3) is 0 Å². The zero-order valence-corrected chi connectivity index (χ0v) is 10.5. The lowest BCUT2D eigenvalue weighted by molar-refractivity contribution is 0.518. The van der Waals surface area contributed by atoms with Crippen LogP contribution in [0.4, 0.5) is 5.82 Å². The van der Waals surface area contributed by atoms with Crippen LogP contribution in [0.1, 0.15) is 32.1 Å². The van der Waals surface area contributed by atoms with E-state index < -0.39 is 0 Å². The standard InChI is InChI=1S/C14H18N4/c1-2-4-11(3-1)7-8-16-13-6-5-12-14(18-13)17-10-9-15-12/h5-6,9-11H,1-4,7-8H2,(H,16,17,18). The number of fused-ring (bicyclic) bond motifs is 1. The van der Waals surface area contributed by atoms with Crippen LogP contribution < -0.4 is 5.32 Å². The zero-order chi connectivity index (χ0) is 12.2. The summed E-state index contributed by atoms with van der Waals surface area (Å²) in [5.74, 6) is 1.82. The number of hydrogen-bond acceptors (Lipinski definition) is 4. The third-order valence-electron chi connectivity index (χ3n) is 3.67. The van der Waals surface area contributed by atoms with Gasteiger partial charge in [0.05, 0.1) is 0 Å². The average molecular weight is 242 g/mol. The molecule has 1 aliphatic rings. The molecule has 0 spiro atoms. The maximum absolute atomic E-state index is 4.45. The summed E-state index contributed by atoms with van der Waals surface area (Å²) in [4.78, 5) is 12.9. The van der Waals surface area contributed by atoms with E-state index in [4.69, 9.17) is 0 Å². The number of aromatic nitrogens is 3. The van der Waals surface area contributed by atoms with Crippen LogP contribution in [0.15, 0.2) is 24.5 Å². The summed E-state index contributed by atoms with van der Waals surface area (Å²) in [7, 11) is 0. The van der Waals surface area contributed by atoms with E-state index in [1.54, 1.807) is 12.4 Å². The Morgan fingerprint density at radius 3 is 2.83 bits per heavy atom. The van der Waals surface area contributed by atoms with Gasteiger partial charge >= 0.3 is 0 Å². The maximum atomic E-state index is 4.45. The Hall–Kier alpha value is -1.71. The van der Waals surface area contributed by atoms with Gasteiger partial charge in [0.15, 0.2) is 5.65 Å². The van der Waals surface area contributed by atoms with Crippen LogP contribution in [-0.2, 0) is 0 Å².